The molecule has 0 N–H and O–H groups in total. The fraction of sp³-hybridized carbons (Fsp3) is 0.647. The van der Waals surface area contributed by atoms with Crippen LogP contribution in [0.4, 0.5) is 0 Å². The Morgan fingerprint density at radius 3 is 3.05 bits per heavy atom. The molecule has 0 aliphatic carbocycles. The second-order valence-electron chi connectivity index (χ2n) is 6.55. The summed E-state index contributed by atoms with van der Waals surface area (Å²) in [4.78, 5) is 12.0. The highest BCUT2D eigenvalue weighted by atomic mass is 16.5. The predicted molar refractivity (Wildman–Crippen MR) is 85.7 cm³/mol. The minimum Gasteiger partial charge on any atom is -0.376 e. The first kappa shape index (κ1) is 14.2. The number of ether oxygens (including phenoxy) is 1. The van der Waals surface area contributed by atoms with Crippen LogP contribution >= 0.6 is 0 Å². The zero-order valence-corrected chi connectivity index (χ0v) is 13.2. The molecule has 5 heteroatoms. The number of fused-ring (bicyclic) bond motifs is 1. The molecule has 2 aliphatic rings. The molecule has 118 valence electrons. The van der Waals surface area contributed by atoms with Crippen molar-refractivity contribution in [2.75, 3.05) is 20.2 Å². The topological polar surface area (TPSA) is 43.2 Å². The minimum absolute atomic E-state index is 0.312. The van der Waals surface area contributed by atoms with Crippen molar-refractivity contribution < 1.29 is 4.74 Å². The first-order valence-corrected chi connectivity index (χ1v) is 8.46. The van der Waals surface area contributed by atoms with Gasteiger partial charge in [-0.2, -0.15) is 0 Å². The average molecular weight is 300 g/mol. The van der Waals surface area contributed by atoms with Gasteiger partial charge in [0.1, 0.15) is 11.3 Å². The summed E-state index contributed by atoms with van der Waals surface area (Å²) in [5.74, 6) is 1.17. The van der Waals surface area contributed by atoms with Crippen molar-refractivity contribution in [1.82, 2.24) is 19.4 Å². The van der Waals surface area contributed by atoms with Crippen LogP contribution in [-0.2, 0) is 11.3 Å². The van der Waals surface area contributed by atoms with Crippen LogP contribution in [0.25, 0.3) is 11.2 Å². The Hall–Kier alpha value is -1.46. The van der Waals surface area contributed by atoms with E-state index in [9.17, 15) is 0 Å². The van der Waals surface area contributed by atoms with E-state index in [-0.39, 0.29) is 0 Å². The van der Waals surface area contributed by atoms with Gasteiger partial charge in [-0.05, 0) is 51.4 Å². The van der Waals surface area contributed by atoms with Crippen molar-refractivity contribution in [2.24, 2.45) is 0 Å². The SMILES string of the molecule is CN1CCCCC1c1nc2cccnc2n1CC1CCCO1. The van der Waals surface area contributed by atoms with Gasteiger partial charge in [0.05, 0.1) is 18.7 Å². The van der Waals surface area contributed by atoms with E-state index in [1.807, 2.05) is 12.3 Å². The highest BCUT2D eigenvalue weighted by Gasteiger charge is 2.28. The van der Waals surface area contributed by atoms with E-state index >= 15 is 0 Å². The lowest BCUT2D eigenvalue weighted by Gasteiger charge is -2.32. The predicted octanol–water partition coefficient (Wildman–Crippen LogP) is 2.77. The molecule has 2 saturated heterocycles. The first-order chi connectivity index (χ1) is 10.8. The fourth-order valence-electron chi connectivity index (χ4n) is 3.80. The molecule has 0 saturated carbocycles. The maximum atomic E-state index is 5.85. The van der Waals surface area contributed by atoms with Crippen LogP contribution in [0, 0.1) is 0 Å². The van der Waals surface area contributed by atoms with Gasteiger partial charge in [0.2, 0.25) is 0 Å². The summed E-state index contributed by atoms with van der Waals surface area (Å²) in [6.45, 7) is 2.93. The number of nitrogens with zero attached hydrogens (tertiary/aromatic N) is 4. The second kappa shape index (κ2) is 5.97. The maximum absolute atomic E-state index is 5.85. The van der Waals surface area contributed by atoms with E-state index in [4.69, 9.17) is 9.72 Å². The molecule has 0 bridgehead atoms. The number of rotatable bonds is 3. The van der Waals surface area contributed by atoms with Gasteiger partial charge in [-0.15, -0.1) is 0 Å². The van der Waals surface area contributed by atoms with Crippen molar-refractivity contribution in [2.45, 2.75) is 50.8 Å². The Bertz CT molecular complexity index is 647. The molecule has 5 nitrogen and oxygen atoms in total. The number of likely N-dealkylation sites (tertiary alicyclic amines) is 1. The smallest absolute Gasteiger partial charge is 0.160 e. The van der Waals surface area contributed by atoms with Gasteiger partial charge in [-0.1, -0.05) is 6.42 Å². The number of piperidine rings is 1. The van der Waals surface area contributed by atoms with Crippen molar-refractivity contribution in [3.63, 3.8) is 0 Å². The van der Waals surface area contributed by atoms with Crippen LogP contribution in [0.15, 0.2) is 18.3 Å². The zero-order chi connectivity index (χ0) is 14.9. The van der Waals surface area contributed by atoms with Crippen molar-refractivity contribution in [3.8, 4) is 0 Å². The van der Waals surface area contributed by atoms with Crippen LogP contribution in [0.3, 0.4) is 0 Å². The van der Waals surface area contributed by atoms with Crippen LogP contribution in [0.2, 0.25) is 0 Å². The highest BCUT2D eigenvalue weighted by Crippen LogP contribution is 2.31. The van der Waals surface area contributed by atoms with E-state index in [0.29, 0.717) is 12.1 Å². The van der Waals surface area contributed by atoms with Gasteiger partial charge in [-0.3, -0.25) is 4.90 Å². The molecule has 2 aromatic heterocycles. The van der Waals surface area contributed by atoms with Crippen molar-refractivity contribution in [1.29, 1.82) is 0 Å². The Morgan fingerprint density at radius 1 is 1.27 bits per heavy atom. The van der Waals surface area contributed by atoms with Gasteiger partial charge in [-0.25, -0.2) is 9.97 Å². The second-order valence-corrected chi connectivity index (χ2v) is 6.55. The van der Waals surface area contributed by atoms with Gasteiger partial charge in [0, 0.05) is 12.8 Å². The molecule has 4 heterocycles. The highest BCUT2D eigenvalue weighted by molar-refractivity contribution is 5.71. The maximum Gasteiger partial charge on any atom is 0.160 e. The molecule has 0 radical (unpaired) electrons. The summed E-state index contributed by atoms with van der Waals surface area (Å²) < 4.78 is 8.17. The minimum atomic E-state index is 0.312. The van der Waals surface area contributed by atoms with Gasteiger partial charge >= 0.3 is 0 Å². The normalized spacial score (nSPS) is 26.8. The zero-order valence-electron chi connectivity index (χ0n) is 13.2. The third-order valence-electron chi connectivity index (χ3n) is 5.01. The van der Waals surface area contributed by atoms with Crippen molar-refractivity contribution >= 4 is 11.2 Å². The molecule has 0 spiro atoms. The third kappa shape index (κ3) is 2.52. The number of hydrogen-bond donors (Lipinski definition) is 0. The summed E-state index contributed by atoms with van der Waals surface area (Å²) in [6.07, 6.45) is 8.25. The molecule has 0 aromatic carbocycles. The molecule has 2 fully saturated rings. The number of aromatic nitrogens is 3. The summed E-state index contributed by atoms with van der Waals surface area (Å²) in [7, 11) is 2.22. The quantitative estimate of drug-likeness (QED) is 0.874. The molecule has 4 rings (SSSR count). The van der Waals surface area contributed by atoms with E-state index in [1.165, 1.54) is 31.5 Å². The molecule has 0 amide bonds. The third-order valence-corrected chi connectivity index (χ3v) is 5.01. The Morgan fingerprint density at radius 2 is 2.23 bits per heavy atom. The number of imidazole rings is 1. The van der Waals surface area contributed by atoms with E-state index in [1.54, 1.807) is 0 Å². The molecular formula is C17H24N4O. The lowest BCUT2D eigenvalue weighted by Crippen LogP contribution is -2.32. The standard InChI is InChI=1S/C17H24N4O/c1-20-10-3-2-8-15(20)17-19-14-7-4-9-18-16(14)21(17)12-13-6-5-11-22-13/h4,7,9,13,15H,2-3,5-6,8,10-12H2,1H3. The first-order valence-electron chi connectivity index (χ1n) is 8.46. The van der Waals surface area contributed by atoms with Crippen molar-refractivity contribution in [3.05, 3.63) is 24.2 Å². The Balaban J connectivity index is 1.74. The molecule has 2 atom stereocenters. The van der Waals surface area contributed by atoms with Gasteiger partial charge in [0.25, 0.3) is 0 Å². The van der Waals surface area contributed by atoms with Crippen LogP contribution in [0.1, 0.15) is 44.0 Å². The summed E-state index contributed by atoms with van der Waals surface area (Å²) in [5, 5.41) is 0. The Kier molecular flexibility index (Phi) is 3.84. The average Bonchev–Trinajstić information content (AvgIpc) is 3.17. The van der Waals surface area contributed by atoms with Gasteiger partial charge in [0.15, 0.2) is 5.65 Å². The van der Waals surface area contributed by atoms with E-state index in [2.05, 4.69) is 27.6 Å². The molecule has 2 aromatic rings. The van der Waals surface area contributed by atoms with E-state index in [0.717, 1.165) is 37.3 Å². The summed E-state index contributed by atoms with van der Waals surface area (Å²) >= 11 is 0. The van der Waals surface area contributed by atoms with Crippen LogP contribution < -0.4 is 0 Å². The lowest BCUT2D eigenvalue weighted by atomic mass is 10.0. The summed E-state index contributed by atoms with van der Waals surface area (Å²) in [5.41, 5.74) is 2.02. The lowest BCUT2D eigenvalue weighted by molar-refractivity contribution is 0.0941. The molecule has 2 aliphatic heterocycles. The molecule has 22 heavy (non-hydrogen) atoms. The summed E-state index contributed by atoms with van der Waals surface area (Å²) in [6, 6.07) is 4.45. The Labute approximate surface area is 131 Å². The van der Waals surface area contributed by atoms with Gasteiger partial charge < -0.3 is 9.30 Å². The number of pyridine rings is 1. The van der Waals surface area contributed by atoms with Crippen LogP contribution in [0.5, 0.6) is 0 Å². The number of hydrogen-bond acceptors (Lipinski definition) is 4. The molecular weight excluding hydrogens is 276 g/mol. The van der Waals surface area contributed by atoms with Crippen LogP contribution in [-0.4, -0.2) is 45.7 Å². The monoisotopic (exact) mass is 300 g/mol. The molecule has 2 unspecified atom stereocenters. The fourth-order valence-corrected chi connectivity index (χ4v) is 3.80. The van der Waals surface area contributed by atoms with E-state index < -0.39 is 0 Å². The largest absolute Gasteiger partial charge is 0.376 e.